The van der Waals surface area contributed by atoms with Gasteiger partial charge in [-0.25, -0.2) is 0 Å². The topological polar surface area (TPSA) is 27.7 Å². The van der Waals surface area contributed by atoms with Crippen LogP contribution >= 0.6 is 12.9 Å². The fourth-order valence-corrected chi connectivity index (χ4v) is 10.5. The zero-order valence-corrected chi connectivity index (χ0v) is 15.0. The van der Waals surface area contributed by atoms with Crippen LogP contribution in [0.5, 0.6) is 0 Å². The first-order valence-electron chi connectivity index (χ1n) is 6.31. The first kappa shape index (κ1) is 17.7. The second kappa shape index (κ2) is 7.96. The number of thiol groups is 1. The smallest absolute Gasteiger partial charge is 0.202 e. The van der Waals surface area contributed by atoms with E-state index >= 15 is 0 Å². The molecule has 104 valence electrons. The molecule has 0 N–H and O–H groups in total. The van der Waals surface area contributed by atoms with E-state index in [0.29, 0.717) is 6.61 Å². The maximum Gasteiger partial charge on any atom is 0.202 e. The maximum absolute atomic E-state index is 6.34. The van der Waals surface area contributed by atoms with Gasteiger partial charge in [0.15, 0.2) is 8.32 Å². The van der Waals surface area contributed by atoms with Gasteiger partial charge in [0.1, 0.15) is 0 Å². The monoisotopic (exact) mass is 296 g/mol. The Morgan fingerprint density at radius 1 is 1.06 bits per heavy atom. The SMILES string of the molecule is CCC(OCCCOS)[Si](C)(C)O[Si](C)(C)C. The Hall–Kier alpha value is 0.664. The molecule has 0 saturated heterocycles. The van der Waals surface area contributed by atoms with Crippen LogP contribution in [0.4, 0.5) is 0 Å². The van der Waals surface area contributed by atoms with Crippen molar-refractivity contribution < 1.29 is 13.0 Å². The molecule has 3 nitrogen and oxygen atoms in total. The summed E-state index contributed by atoms with van der Waals surface area (Å²) in [4.78, 5) is 0. The Morgan fingerprint density at radius 2 is 1.65 bits per heavy atom. The molecule has 0 aliphatic carbocycles. The van der Waals surface area contributed by atoms with Gasteiger partial charge in [-0.15, -0.1) is 0 Å². The zero-order chi connectivity index (χ0) is 13.5. The molecule has 0 amide bonds. The molecule has 0 radical (unpaired) electrons. The Balaban J connectivity index is 4.22. The van der Waals surface area contributed by atoms with Crippen molar-refractivity contribution in [3.8, 4) is 0 Å². The van der Waals surface area contributed by atoms with Crippen LogP contribution in [-0.2, 0) is 13.0 Å². The average Bonchev–Trinajstić information content (AvgIpc) is 2.13. The summed E-state index contributed by atoms with van der Waals surface area (Å²) in [6.07, 6.45) is 1.91. The summed E-state index contributed by atoms with van der Waals surface area (Å²) in [6.45, 7) is 14.8. The molecule has 0 saturated carbocycles. The molecule has 6 heteroatoms. The lowest BCUT2D eigenvalue weighted by molar-refractivity contribution is 0.0797. The molecule has 0 fully saturated rings. The third kappa shape index (κ3) is 8.39. The van der Waals surface area contributed by atoms with Gasteiger partial charge in [0.25, 0.3) is 0 Å². The van der Waals surface area contributed by atoms with E-state index in [-0.39, 0.29) is 5.73 Å². The minimum atomic E-state index is -1.75. The molecule has 17 heavy (non-hydrogen) atoms. The van der Waals surface area contributed by atoms with Crippen LogP contribution in [-0.4, -0.2) is 35.6 Å². The van der Waals surface area contributed by atoms with Gasteiger partial charge in [0.2, 0.25) is 8.32 Å². The molecule has 1 unspecified atom stereocenters. The van der Waals surface area contributed by atoms with Gasteiger partial charge in [0, 0.05) is 6.61 Å². The van der Waals surface area contributed by atoms with Gasteiger partial charge in [-0.3, -0.25) is 0 Å². The summed E-state index contributed by atoms with van der Waals surface area (Å²) in [5.74, 6) is 0. The summed E-state index contributed by atoms with van der Waals surface area (Å²) >= 11 is 3.72. The molecule has 0 aromatic rings. The van der Waals surface area contributed by atoms with Gasteiger partial charge in [0.05, 0.1) is 12.3 Å². The summed E-state index contributed by atoms with van der Waals surface area (Å²) in [7, 11) is -3.23. The molecular formula is C11H28O3SSi2. The van der Waals surface area contributed by atoms with Gasteiger partial charge in [-0.2, -0.15) is 0 Å². The zero-order valence-electron chi connectivity index (χ0n) is 12.1. The van der Waals surface area contributed by atoms with Crippen LogP contribution in [0, 0.1) is 0 Å². The molecular weight excluding hydrogens is 268 g/mol. The quantitative estimate of drug-likeness (QED) is 0.305. The second-order valence-electron chi connectivity index (χ2n) is 5.77. The highest BCUT2D eigenvalue weighted by Crippen LogP contribution is 2.22. The van der Waals surface area contributed by atoms with Crippen LogP contribution < -0.4 is 0 Å². The fraction of sp³-hybridized carbons (Fsp3) is 1.00. The predicted octanol–water partition coefficient (Wildman–Crippen LogP) is 3.63. The van der Waals surface area contributed by atoms with E-state index < -0.39 is 16.6 Å². The Labute approximate surface area is 114 Å². The summed E-state index contributed by atoms with van der Waals surface area (Å²) in [5, 5.41) is 0. The molecule has 0 rings (SSSR count). The summed E-state index contributed by atoms with van der Waals surface area (Å²) in [6, 6.07) is 0. The van der Waals surface area contributed by atoms with Crippen LogP contribution in [0.25, 0.3) is 0 Å². The molecule has 0 aromatic carbocycles. The second-order valence-corrected chi connectivity index (χ2v) is 14.9. The normalized spacial score (nSPS) is 15.0. The highest BCUT2D eigenvalue weighted by atomic mass is 32.1. The van der Waals surface area contributed by atoms with Crippen LogP contribution in [0.1, 0.15) is 19.8 Å². The number of hydrogen-bond donors (Lipinski definition) is 1. The van der Waals surface area contributed by atoms with Crippen molar-refractivity contribution in [2.24, 2.45) is 0 Å². The van der Waals surface area contributed by atoms with E-state index in [2.05, 4.69) is 52.6 Å². The number of hydrogen-bond acceptors (Lipinski definition) is 4. The van der Waals surface area contributed by atoms with E-state index in [4.69, 9.17) is 13.0 Å². The molecule has 0 heterocycles. The summed E-state index contributed by atoms with van der Waals surface area (Å²) in [5.41, 5.74) is 0.272. The van der Waals surface area contributed by atoms with E-state index in [9.17, 15) is 0 Å². The first-order valence-corrected chi connectivity index (χ1v) is 13.1. The van der Waals surface area contributed by atoms with Crippen molar-refractivity contribution in [1.29, 1.82) is 0 Å². The lowest BCUT2D eigenvalue weighted by Crippen LogP contribution is -2.52. The Bertz CT molecular complexity index is 207. The van der Waals surface area contributed by atoms with E-state index in [1.54, 1.807) is 0 Å². The van der Waals surface area contributed by atoms with Crippen molar-refractivity contribution in [2.45, 2.75) is 58.2 Å². The van der Waals surface area contributed by atoms with Crippen molar-refractivity contribution in [2.75, 3.05) is 13.2 Å². The Morgan fingerprint density at radius 3 is 2.06 bits per heavy atom. The van der Waals surface area contributed by atoms with Crippen LogP contribution in [0.3, 0.4) is 0 Å². The highest BCUT2D eigenvalue weighted by molar-refractivity contribution is 7.75. The first-order chi connectivity index (χ1) is 7.73. The van der Waals surface area contributed by atoms with Gasteiger partial charge in [-0.05, 0) is 58.5 Å². The molecule has 0 bridgehead atoms. The lowest BCUT2D eigenvalue weighted by atomic mass is 10.5. The Kier molecular flexibility index (Phi) is 8.27. The minimum absolute atomic E-state index is 0.272. The third-order valence-electron chi connectivity index (χ3n) is 2.41. The van der Waals surface area contributed by atoms with E-state index in [1.807, 2.05) is 0 Å². The maximum atomic E-state index is 6.34. The van der Waals surface area contributed by atoms with Crippen LogP contribution in [0.2, 0.25) is 32.7 Å². The standard InChI is InChI=1S/C11H28O3SSi2/c1-7-11(12-9-8-10-13-15)17(5,6)14-16(2,3)4/h11,15H,7-10H2,1-6H3. The summed E-state index contributed by atoms with van der Waals surface area (Å²) < 4.78 is 17.0. The van der Waals surface area contributed by atoms with Gasteiger partial charge < -0.3 is 13.0 Å². The van der Waals surface area contributed by atoms with E-state index in [0.717, 1.165) is 19.4 Å². The van der Waals surface area contributed by atoms with Crippen molar-refractivity contribution in [3.05, 3.63) is 0 Å². The largest absolute Gasteiger partial charge is 0.454 e. The molecule has 0 spiro atoms. The van der Waals surface area contributed by atoms with Gasteiger partial charge in [-0.1, -0.05) is 6.92 Å². The number of rotatable bonds is 9. The molecule has 0 aliphatic heterocycles. The van der Waals surface area contributed by atoms with Crippen molar-refractivity contribution in [3.63, 3.8) is 0 Å². The fourth-order valence-electron chi connectivity index (χ4n) is 2.01. The molecule has 0 aromatic heterocycles. The molecule has 0 aliphatic rings. The van der Waals surface area contributed by atoms with Crippen LogP contribution in [0.15, 0.2) is 0 Å². The average molecular weight is 297 g/mol. The number of ether oxygens (including phenoxy) is 1. The minimum Gasteiger partial charge on any atom is -0.454 e. The lowest BCUT2D eigenvalue weighted by Gasteiger charge is -2.37. The van der Waals surface area contributed by atoms with Crippen molar-refractivity contribution >= 4 is 29.5 Å². The molecule has 1 atom stereocenters. The van der Waals surface area contributed by atoms with Crippen molar-refractivity contribution in [1.82, 2.24) is 0 Å². The predicted molar refractivity (Wildman–Crippen MR) is 81.5 cm³/mol. The third-order valence-corrected chi connectivity index (χ3v) is 9.28. The van der Waals surface area contributed by atoms with Gasteiger partial charge >= 0.3 is 0 Å². The highest BCUT2D eigenvalue weighted by Gasteiger charge is 2.37. The van der Waals surface area contributed by atoms with E-state index in [1.165, 1.54) is 0 Å².